The quantitative estimate of drug-likeness (QED) is 0.758. The van der Waals surface area contributed by atoms with E-state index in [0.717, 1.165) is 17.0 Å². The fraction of sp³-hybridized carbons (Fsp3) is 0.417. The molecule has 0 radical (unpaired) electrons. The molecule has 0 atom stereocenters. The van der Waals surface area contributed by atoms with Crippen molar-refractivity contribution in [3.8, 4) is 0 Å². The van der Waals surface area contributed by atoms with Crippen molar-refractivity contribution < 1.29 is 4.79 Å². The number of hydrogen-bond donors (Lipinski definition) is 0. The lowest BCUT2D eigenvalue weighted by Crippen LogP contribution is -2.23. The second-order valence-corrected chi connectivity index (χ2v) is 4.40. The number of aryl methyl sites for hydroxylation is 1. The predicted octanol–water partition coefficient (Wildman–Crippen LogP) is 2.34. The van der Waals surface area contributed by atoms with E-state index in [9.17, 15) is 4.79 Å². The van der Waals surface area contributed by atoms with Crippen LogP contribution in [-0.2, 0) is 0 Å². The number of nitrogens with zero attached hydrogens (tertiary/aromatic N) is 4. The third-order valence-electron chi connectivity index (χ3n) is 2.83. The molecule has 2 aromatic heterocycles. The zero-order valence-corrected chi connectivity index (χ0v) is 10.5. The first-order chi connectivity index (χ1) is 8.02. The molecule has 0 amide bonds. The molecule has 0 fully saturated rings. The highest BCUT2D eigenvalue weighted by Gasteiger charge is 2.20. The van der Waals surface area contributed by atoms with Crippen molar-refractivity contribution in [2.45, 2.75) is 33.6 Å². The van der Waals surface area contributed by atoms with Crippen LogP contribution in [0.25, 0.3) is 0 Å². The Morgan fingerprint density at radius 3 is 2.59 bits per heavy atom. The van der Waals surface area contributed by atoms with Crippen LogP contribution in [0.4, 0.5) is 4.79 Å². The van der Waals surface area contributed by atoms with Gasteiger partial charge in [0.05, 0.1) is 11.4 Å². The third-order valence-corrected chi connectivity index (χ3v) is 2.83. The highest BCUT2D eigenvalue weighted by Crippen LogP contribution is 2.21. The molecule has 0 spiro atoms. The first-order valence-electron chi connectivity index (χ1n) is 5.62. The van der Waals surface area contributed by atoms with Crippen molar-refractivity contribution in [1.82, 2.24) is 19.6 Å². The monoisotopic (exact) mass is 232 g/mol. The van der Waals surface area contributed by atoms with Crippen LogP contribution in [0, 0.1) is 13.8 Å². The maximum absolute atomic E-state index is 12.2. The van der Waals surface area contributed by atoms with Gasteiger partial charge in [0.2, 0.25) is 0 Å². The molecular weight excluding hydrogens is 216 g/mol. The van der Waals surface area contributed by atoms with Gasteiger partial charge in [0.15, 0.2) is 0 Å². The van der Waals surface area contributed by atoms with Gasteiger partial charge < -0.3 is 0 Å². The smallest absolute Gasteiger partial charge is 0.244 e. The minimum atomic E-state index is -0.241. The molecule has 0 unspecified atom stereocenters. The molecule has 0 N–H and O–H groups in total. The standard InChI is InChI=1S/C12H16N4O/c1-8(2)11-9(3)10(4)14-16(11)12(17)15-7-5-6-13-15/h5-8H,1-4H3. The van der Waals surface area contributed by atoms with Gasteiger partial charge in [0.1, 0.15) is 0 Å². The van der Waals surface area contributed by atoms with E-state index < -0.39 is 0 Å². The molecule has 0 aromatic carbocycles. The average Bonchev–Trinajstić information content (AvgIpc) is 2.87. The molecule has 0 saturated carbocycles. The largest absolute Gasteiger partial charge is 0.369 e. The fourth-order valence-corrected chi connectivity index (χ4v) is 1.93. The van der Waals surface area contributed by atoms with Crippen LogP contribution in [0.3, 0.4) is 0 Å². The average molecular weight is 232 g/mol. The minimum Gasteiger partial charge on any atom is -0.244 e. The van der Waals surface area contributed by atoms with Crippen molar-refractivity contribution in [2.75, 3.05) is 0 Å². The van der Waals surface area contributed by atoms with Crippen molar-refractivity contribution in [3.63, 3.8) is 0 Å². The third kappa shape index (κ3) is 1.88. The van der Waals surface area contributed by atoms with E-state index in [1.807, 2.05) is 13.8 Å². The SMILES string of the molecule is Cc1nn(C(=O)n2cccn2)c(C(C)C)c1C. The van der Waals surface area contributed by atoms with Crippen LogP contribution in [-0.4, -0.2) is 25.6 Å². The molecule has 0 aliphatic rings. The Morgan fingerprint density at radius 1 is 1.35 bits per heavy atom. The van der Waals surface area contributed by atoms with Gasteiger partial charge >= 0.3 is 6.03 Å². The first kappa shape index (κ1) is 11.6. The predicted molar refractivity (Wildman–Crippen MR) is 64.2 cm³/mol. The molecule has 0 aliphatic heterocycles. The van der Waals surface area contributed by atoms with Crippen LogP contribution in [0.1, 0.15) is 36.7 Å². The van der Waals surface area contributed by atoms with Crippen molar-refractivity contribution >= 4 is 6.03 Å². The van der Waals surface area contributed by atoms with E-state index in [1.165, 1.54) is 9.36 Å². The normalized spacial score (nSPS) is 11.1. The van der Waals surface area contributed by atoms with Crippen molar-refractivity contribution in [3.05, 3.63) is 35.4 Å². The van der Waals surface area contributed by atoms with Gasteiger partial charge in [-0.3, -0.25) is 0 Å². The molecule has 2 heterocycles. The molecule has 0 bridgehead atoms. The molecule has 90 valence electrons. The highest BCUT2D eigenvalue weighted by molar-refractivity contribution is 5.78. The lowest BCUT2D eigenvalue weighted by atomic mass is 10.1. The minimum absolute atomic E-state index is 0.241. The van der Waals surface area contributed by atoms with E-state index >= 15 is 0 Å². The molecular formula is C12H16N4O. The molecule has 17 heavy (non-hydrogen) atoms. The maximum atomic E-state index is 12.2. The van der Waals surface area contributed by atoms with Gasteiger partial charge in [-0.1, -0.05) is 13.8 Å². The van der Waals surface area contributed by atoms with Crippen molar-refractivity contribution in [1.29, 1.82) is 0 Å². The molecule has 2 aromatic rings. The van der Waals surface area contributed by atoms with E-state index in [4.69, 9.17) is 0 Å². The summed E-state index contributed by atoms with van der Waals surface area (Å²) in [5.74, 6) is 0.246. The second-order valence-electron chi connectivity index (χ2n) is 4.40. The first-order valence-corrected chi connectivity index (χ1v) is 5.62. The zero-order chi connectivity index (χ0) is 12.6. The summed E-state index contributed by atoms with van der Waals surface area (Å²) >= 11 is 0. The summed E-state index contributed by atoms with van der Waals surface area (Å²) in [7, 11) is 0. The lowest BCUT2D eigenvalue weighted by Gasteiger charge is -2.09. The Bertz CT molecular complexity index is 537. The maximum Gasteiger partial charge on any atom is 0.369 e. The number of carbonyl (C=O) groups excluding carboxylic acids is 1. The van der Waals surface area contributed by atoms with E-state index in [0.29, 0.717) is 0 Å². The summed E-state index contributed by atoms with van der Waals surface area (Å²) in [5, 5.41) is 8.23. The molecule has 5 nitrogen and oxygen atoms in total. The number of aromatic nitrogens is 4. The Kier molecular flexibility index (Phi) is 2.83. The lowest BCUT2D eigenvalue weighted by molar-refractivity contribution is 0.237. The molecule has 5 heteroatoms. The Morgan fingerprint density at radius 2 is 2.06 bits per heavy atom. The van der Waals surface area contributed by atoms with Crippen LogP contribution in [0.5, 0.6) is 0 Å². The summed E-state index contributed by atoms with van der Waals surface area (Å²) in [6.45, 7) is 8.01. The summed E-state index contributed by atoms with van der Waals surface area (Å²) < 4.78 is 2.74. The summed E-state index contributed by atoms with van der Waals surface area (Å²) in [6, 6.07) is 1.48. The second kappa shape index (κ2) is 4.16. The van der Waals surface area contributed by atoms with Crippen LogP contribution in [0.2, 0.25) is 0 Å². The number of hydrogen-bond acceptors (Lipinski definition) is 3. The van der Waals surface area contributed by atoms with Gasteiger partial charge in [0, 0.05) is 12.4 Å². The highest BCUT2D eigenvalue weighted by atomic mass is 16.2. The summed E-state index contributed by atoms with van der Waals surface area (Å²) in [4.78, 5) is 12.2. The van der Waals surface area contributed by atoms with Crippen molar-refractivity contribution in [2.24, 2.45) is 0 Å². The number of carbonyl (C=O) groups is 1. The summed E-state index contributed by atoms with van der Waals surface area (Å²) in [6.07, 6.45) is 3.20. The van der Waals surface area contributed by atoms with Gasteiger partial charge in [-0.2, -0.15) is 19.6 Å². The van der Waals surface area contributed by atoms with Crippen LogP contribution < -0.4 is 0 Å². The van der Waals surface area contributed by atoms with E-state index in [2.05, 4.69) is 24.0 Å². The topological polar surface area (TPSA) is 52.7 Å². The van der Waals surface area contributed by atoms with E-state index in [-0.39, 0.29) is 11.9 Å². The molecule has 0 saturated heterocycles. The van der Waals surface area contributed by atoms with Gasteiger partial charge in [-0.05, 0) is 31.4 Å². The summed E-state index contributed by atoms with van der Waals surface area (Å²) in [5.41, 5.74) is 2.90. The van der Waals surface area contributed by atoms with Gasteiger partial charge in [0.25, 0.3) is 0 Å². The Balaban J connectivity index is 2.53. The Labute approximate surface area is 100 Å². The fourth-order valence-electron chi connectivity index (χ4n) is 1.93. The molecule has 0 aliphatic carbocycles. The van der Waals surface area contributed by atoms with E-state index in [1.54, 1.807) is 18.5 Å². The van der Waals surface area contributed by atoms with Gasteiger partial charge in [-0.25, -0.2) is 4.79 Å². The Hall–Kier alpha value is -1.91. The van der Waals surface area contributed by atoms with Crippen LogP contribution in [0.15, 0.2) is 18.5 Å². The van der Waals surface area contributed by atoms with Crippen LogP contribution >= 0.6 is 0 Å². The van der Waals surface area contributed by atoms with Gasteiger partial charge in [-0.15, -0.1) is 0 Å². The molecule has 2 rings (SSSR count). The zero-order valence-electron chi connectivity index (χ0n) is 10.5. The number of rotatable bonds is 1.